The van der Waals surface area contributed by atoms with Gasteiger partial charge in [0.05, 0.1) is 6.54 Å². The predicted octanol–water partition coefficient (Wildman–Crippen LogP) is 3.28. The lowest BCUT2D eigenvalue weighted by molar-refractivity contribution is 0.0672. The lowest BCUT2D eigenvalue weighted by atomic mass is 9.96. The monoisotopic (exact) mass is 373 g/mol. The van der Waals surface area contributed by atoms with Gasteiger partial charge in [0.25, 0.3) is 0 Å². The summed E-state index contributed by atoms with van der Waals surface area (Å²) >= 11 is 0. The minimum absolute atomic E-state index is 0.0872. The smallest absolute Gasteiger partial charge is 0.191 e. The molecule has 0 bridgehead atoms. The number of nitrogens with zero attached hydrogens (tertiary/aromatic N) is 1. The summed E-state index contributed by atoms with van der Waals surface area (Å²) in [5.74, 6) is -0.723. The van der Waals surface area contributed by atoms with Crippen LogP contribution in [0.3, 0.4) is 0 Å². The van der Waals surface area contributed by atoms with Gasteiger partial charge in [-0.1, -0.05) is 36.4 Å². The van der Waals surface area contributed by atoms with Gasteiger partial charge in [-0.25, -0.2) is 13.8 Å². The van der Waals surface area contributed by atoms with Crippen LogP contribution in [0.4, 0.5) is 8.78 Å². The van der Waals surface area contributed by atoms with Crippen molar-refractivity contribution in [2.24, 2.45) is 4.99 Å². The van der Waals surface area contributed by atoms with E-state index in [1.807, 2.05) is 37.3 Å². The molecule has 6 heteroatoms. The second-order valence-corrected chi connectivity index (χ2v) is 7.06. The van der Waals surface area contributed by atoms with E-state index < -0.39 is 17.2 Å². The molecule has 3 N–H and O–H groups in total. The number of benzene rings is 2. The van der Waals surface area contributed by atoms with Crippen molar-refractivity contribution in [3.05, 3.63) is 71.3 Å². The zero-order chi connectivity index (χ0) is 19.4. The third-order valence-corrected chi connectivity index (χ3v) is 4.77. The molecule has 144 valence electrons. The van der Waals surface area contributed by atoms with Gasteiger partial charge in [-0.15, -0.1) is 0 Å². The quantitative estimate of drug-likeness (QED) is 0.538. The van der Waals surface area contributed by atoms with Crippen molar-refractivity contribution < 1.29 is 13.9 Å². The van der Waals surface area contributed by atoms with Crippen LogP contribution < -0.4 is 10.6 Å². The summed E-state index contributed by atoms with van der Waals surface area (Å²) in [5.41, 5.74) is -0.200. The highest BCUT2D eigenvalue weighted by Gasteiger charge is 2.42. The van der Waals surface area contributed by atoms with Gasteiger partial charge in [-0.2, -0.15) is 0 Å². The zero-order valence-corrected chi connectivity index (χ0v) is 15.5. The fourth-order valence-electron chi connectivity index (χ4n) is 3.16. The number of hydrogen-bond acceptors (Lipinski definition) is 2. The molecular weight excluding hydrogens is 348 g/mol. The molecule has 3 atom stereocenters. The van der Waals surface area contributed by atoms with Crippen LogP contribution in [0.5, 0.6) is 0 Å². The molecule has 1 aliphatic carbocycles. The highest BCUT2D eigenvalue weighted by molar-refractivity contribution is 5.80. The van der Waals surface area contributed by atoms with Crippen molar-refractivity contribution >= 4 is 5.96 Å². The van der Waals surface area contributed by atoms with Crippen LogP contribution >= 0.6 is 0 Å². The Balaban J connectivity index is 1.67. The molecule has 1 aliphatic rings. The Kier molecular flexibility index (Phi) is 5.75. The molecule has 0 aliphatic heterocycles. The molecule has 27 heavy (non-hydrogen) atoms. The Morgan fingerprint density at radius 1 is 1.15 bits per heavy atom. The standard InChI is InChI=1S/C21H25F2N3O/c1-3-24-20(25-13-21(2,27)14-8-5-4-6-9-14)26-18-12-15(18)19-16(22)10-7-11-17(19)23/h4-11,15,18,27H,3,12-13H2,1-2H3,(H2,24,25,26). The number of aliphatic hydroxyl groups is 1. The van der Waals surface area contributed by atoms with E-state index in [4.69, 9.17) is 0 Å². The topological polar surface area (TPSA) is 56.7 Å². The van der Waals surface area contributed by atoms with Gasteiger partial charge in [0.15, 0.2) is 5.96 Å². The second kappa shape index (κ2) is 8.05. The Labute approximate surface area is 158 Å². The van der Waals surface area contributed by atoms with E-state index in [9.17, 15) is 13.9 Å². The molecule has 2 aromatic rings. The third-order valence-electron chi connectivity index (χ3n) is 4.77. The van der Waals surface area contributed by atoms with Crippen molar-refractivity contribution in [1.82, 2.24) is 10.6 Å². The Morgan fingerprint density at radius 3 is 2.44 bits per heavy atom. The zero-order valence-electron chi connectivity index (χ0n) is 15.5. The highest BCUT2D eigenvalue weighted by Crippen LogP contribution is 2.43. The molecule has 0 amide bonds. The van der Waals surface area contributed by atoms with Crippen LogP contribution in [-0.2, 0) is 5.60 Å². The summed E-state index contributed by atoms with van der Waals surface area (Å²) in [6.07, 6.45) is 0.636. The summed E-state index contributed by atoms with van der Waals surface area (Å²) in [5, 5.41) is 17.0. The van der Waals surface area contributed by atoms with Crippen LogP contribution in [0.15, 0.2) is 53.5 Å². The van der Waals surface area contributed by atoms with Gasteiger partial charge < -0.3 is 15.7 Å². The minimum atomic E-state index is -1.11. The van der Waals surface area contributed by atoms with Crippen molar-refractivity contribution in [2.75, 3.05) is 13.1 Å². The molecule has 0 saturated heterocycles. The van der Waals surface area contributed by atoms with Gasteiger partial charge >= 0.3 is 0 Å². The number of guanidine groups is 1. The number of rotatable bonds is 6. The minimum Gasteiger partial charge on any atom is -0.384 e. The summed E-state index contributed by atoms with van der Waals surface area (Å²) in [6.45, 7) is 4.46. The number of halogens is 2. The predicted molar refractivity (Wildman–Crippen MR) is 103 cm³/mol. The number of hydrogen-bond donors (Lipinski definition) is 3. The molecule has 0 spiro atoms. The first-order valence-electron chi connectivity index (χ1n) is 9.19. The van der Waals surface area contributed by atoms with Crippen LogP contribution in [-0.4, -0.2) is 30.2 Å². The lowest BCUT2D eigenvalue weighted by Crippen LogP contribution is -2.40. The first-order chi connectivity index (χ1) is 12.9. The normalized spacial score (nSPS) is 21.4. The average Bonchev–Trinajstić information content (AvgIpc) is 3.39. The van der Waals surface area contributed by atoms with Gasteiger partial charge in [0.2, 0.25) is 0 Å². The lowest BCUT2D eigenvalue weighted by Gasteiger charge is -2.22. The van der Waals surface area contributed by atoms with E-state index in [0.717, 1.165) is 5.56 Å². The molecule has 2 aromatic carbocycles. The first-order valence-corrected chi connectivity index (χ1v) is 9.19. The largest absolute Gasteiger partial charge is 0.384 e. The Morgan fingerprint density at radius 2 is 1.81 bits per heavy atom. The molecule has 0 aromatic heterocycles. The van der Waals surface area contributed by atoms with Crippen molar-refractivity contribution in [3.63, 3.8) is 0 Å². The van der Waals surface area contributed by atoms with E-state index in [0.29, 0.717) is 18.9 Å². The molecule has 3 rings (SSSR count). The fourth-order valence-corrected chi connectivity index (χ4v) is 3.16. The molecular formula is C21H25F2N3O. The Hall–Kier alpha value is -2.47. The van der Waals surface area contributed by atoms with E-state index in [2.05, 4.69) is 15.6 Å². The number of aliphatic imine (C=N–C) groups is 1. The van der Waals surface area contributed by atoms with E-state index in [-0.39, 0.29) is 24.1 Å². The Bertz CT molecular complexity index is 788. The summed E-state index contributed by atoms with van der Waals surface area (Å²) in [6, 6.07) is 13.2. The van der Waals surface area contributed by atoms with Gasteiger partial charge in [-0.3, -0.25) is 0 Å². The summed E-state index contributed by atoms with van der Waals surface area (Å²) < 4.78 is 27.9. The molecule has 1 fully saturated rings. The summed E-state index contributed by atoms with van der Waals surface area (Å²) in [7, 11) is 0. The molecule has 0 radical (unpaired) electrons. The van der Waals surface area contributed by atoms with Crippen molar-refractivity contribution in [1.29, 1.82) is 0 Å². The van der Waals surface area contributed by atoms with Crippen LogP contribution in [0.1, 0.15) is 37.3 Å². The third kappa shape index (κ3) is 4.63. The first kappa shape index (κ1) is 19.3. The second-order valence-electron chi connectivity index (χ2n) is 7.06. The van der Waals surface area contributed by atoms with Gasteiger partial charge in [0.1, 0.15) is 17.2 Å². The number of nitrogens with one attached hydrogen (secondary N) is 2. The van der Waals surface area contributed by atoms with Crippen LogP contribution in [0.2, 0.25) is 0 Å². The highest BCUT2D eigenvalue weighted by atomic mass is 19.1. The molecule has 0 heterocycles. The van der Waals surface area contributed by atoms with Crippen LogP contribution in [0, 0.1) is 11.6 Å². The van der Waals surface area contributed by atoms with Gasteiger partial charge in [0, 0.05) is 24.1 Å². The van der Waals surface area contributed by atoms with E-state index >= 15 is 0 Å². The molecule has 4 nitrogen and oxygen atoms in total. The average molecular weight is 373 g/mol. The summed E-state index contributed by atoms with van der Waals surface area (Å²) in [4.78, 5) is 4.47. The van der Waals surface area contributed by atoms with Crippen LogP contribution in [0.25, 0.3) is 0 Å². The SMILES string of the molecule is CCNC(=NCC(C)(O)c1ccccc1)NC1CC1c1c(F)cccc1F. The van der Waals surface area contributed by atoms with Crippen molar-refractivity contribution in [3.8, 4) is 0 Å². The maximum absolute atomic E-state index is 13.9. The molecule has 3 unspecified atom stereocenters. The molecule has 1 saturated carbocycles. The van der Waals surface area contributed by atoms with Crippen molar-refractivity contribution in [2.45, 2.75) is 37.8 Å². The fraction of sp³-hybridized carbons (Fsp3) is 0.381. The maximum atomic E-state index is 13.9. The maximum Gasteiger partial charge on any atom is 0.191 e. The van der Waals surface area contributed by atoms with Gasteiger partial charge in [-0.05, 0) is 38.0 Å². The van der Waals surface area contributed by atoms with E-state index in [1.165, 1.54) is 18.2 Å². The van der Waals surface area contributed by atoms with E-state index in [1.54, 1.807) is 6.92 Å².